The van der Waals surface area contributed by atoms with Crippen LogP contribution in [0.1, 0.15) is 0 Å². The molecule has 3 heteroatoms. The molecule has 1 nitrogen and oxygen atoms in total. The first-order valence-electron chi connectivity index (χ1n) is 3.87. The molecule has 0 aromatic rings. The molecule has 1 aliphatic carbocycles. The Morgan fingerprint density at radius 1 is 1.45 bits per heavy atom. The van der Waals surface area contributed by atoms with Crippen molar-refractivity contribution in [2.45, 2.75) is 16.5 Å². The fraction of sp³-hybridized carbons (Fsp3) is 0.750. The zero-order valence-corrected chi connectivity index (χ0v) is 9.01. The van der Waals surface area contributed by atoms with Crippen LogP contribution in [0.4, 0.5) is 0 Å². The van der Waals surface area contributed by atoms with Crippen molar-refractivity contribution in [1.29, 1.82) is 0 Å². The van der Waals surface area contributed by atoms with Gasteiger partial charge >= 0.3 is 0 Å². The molecule has 0 aromatic carbocycles. The van der Waals surface area contributed by atoms with Gasteiger partial charge in [-0.1, -0.05) is 44.0 Å². The summed E-state index contributed by atoms with van der Waals surface area (Å²) in [6.45, 7) is 0. The van der Waals surface area contributed by atoms with Crippen molar-refractivity contribution in [2.24, 2.45) is 11.8 Å². The van der Waals surface area contributed by atoms with Crippen LogP contribution < -0.4 is 0 Å². The zero-order valence-electron chi connectivity index (χ0n) is 5.84. The Balaban J connectivity index is 1.98. The van der Waals surface area contributed by atoms with Gasteiger partial charge in [-0.3, -0.25) is 0 Å². The van der Waals surface area contributed by atoms with Crippen LogP contribution in [0.3, 0.4) is 0 Å². The van der Waals surface area contributed by atoms with E-state index in [1.54, 1.807) is 0 Å². The smallest absolute Gasteiger partial charge is 0.0925 e. The molecule has 0 radical (unpaired) electrons. The van der Waals surface area contributed by atoms with Gasteiger partial charge in [0.2, 0.25) is 0 Å². The van der Waals surface area contributed by atoms with E-state index in [2.05, 4.69) is 44.0 Å². The average Bonchev–Trinajstić information content (AvgIpc) is 2.42. The first-order valence-corrected chi connectivity index (χ1v) is 5.78. The molecule has 11 heavy (non-hydrogen) atoms. The van der Waals surface area contributed by atoms with E-state index in [4.69, 9.17) is 4.74 Å². The fourth-order valence-corrected chi connectivity index (χ4v) is 5.03. The van der Waals surface area contributed by atoms with Gasteiger partial charge in [-0.15, -0.1) is 0 Å². The molecule has 2 heterocycles. The van der Waals surface area contributed by atoms with Crippen molar-refractivity contribution in [3.63, 3.8) is 0 Å². The van der Waals surface area contributed by atoms with Gasteiger partial charge in [0.15, 0.2) is 0 Å². The van der Waals surface area contributed by atoms with Gasteiger partial charge in [0.05, 0.1) is 16.5 Å². The van der Waals surface area contributed by atoms with E-state index >= 15 is 0 Å². The topological polar surface area (TPSA) is 9.23 Å². The summed E-state index contributed by atoms with van der Waals surface area (Å²) in [6, 6.07) is 0. The molecule has 2 bridgehead atoms. The molecule has 0 N–H and O–H groups in total. The summed E-state index contributed by atoms with van der Waals surface area (Å²) < 4.78 is 5.99. The third-order valence-corrected chi connectivity index (χ3v) is 5.40. The lowest BCUT2D eigenvalue weighted by atomic mass is 10.1. The van der Waals surface area contributed by atoms with E-state index < -0.39 is 0 Å². The van der Waals surface area contributed by atoms with Crippen LogP contribution >= 0.6 is 31.9 Å². The van der Waals surface area contributed by atoms with Crippen LogP contribution in [-0.4, -0.2) is 21.9 Å². The second-order valence-electron chi connectivity index (χ2n) is 3.52. The number of halogens is 2. The Hall–Kier alpha value is 0.660. The first kappa shape index (κ1) is 7.10. The first-order chi connectivity index (χ1) is 5.28. The highest BCUT2D eigenvalue weighted by Gasteiger charge is 2.75. The van der Waals surface area contributed by atoms with E-state index in [-0.39, 0.29) is 0 Å². The molecule has 1 unspecified atom stereocenters. The molecule has 2 aliphatic heterocycles. The minimum Gasteiger partial charge on any atom is -0.365 e. The quantitative estimate of drug-likeness (QED) is 0.528. The van der Waals surface area contributed by atoms with Gasteiger partial charge in [-0.05, 0) is 5.92 Å². The average molecular weight is 280 g/mol. The van der Waals surface area contributed by atoms with Crippen LogP contribution in [0.25, 0.3) is 0 Å². The van der Waals surface area contributed by atoms with Gasteiger partial charge in [0, 0.05) is 11.2 Å². The van der Waals surface area contributed by atoms with E-state index in [1.807, 2.05) is 0 Å². The molecule has 60 valence electrons. The molecule has 0 amide bonds. The van der Waals surface area contributed by atoms with Crippen LogP contribution in [-0.2, 0) is 4.74 Å². The molecule has 3 aliphatic rings. The highest BCUT2D eigenvalue weighted by atomic mass is 79.9. The van der Waals surface area contributed by atoms with Crippen molar-refractivity contribution in [3.8, 4) is 0 Å². The molecular formula is C8H8Br2O. The molecule has 0 aromatic heterocycles. The standard InChI is InChI=1S/C8H8Br2O/c9-3-4-7-5-1-2-6(11-5)8(4,7)10/h1-2,4-7H,3H2/t4-,5+,6-,7?,8+/m1/s1. The highest BCUT2D eigenvalue weighted by molar-refractivity contribution is 9.10. The van der Waals surface area contributed by atoms with Crippen LogP contribution in [0.2, 0.25) is 0 Å². The predicted octanol–water partition coefficient (Wildman–Crippen LogP) is 2.10. The number of rotatable bonds is 1. The van der Waals surface area contributed by atoms with Gasteiger partial charge in [-0.25, -0.2) is 0 Å². The van der Waals surface area contributed by atoms with E-state index in [0.29, 0.717) is 16.5 Å². The highest BCUT2D eigenvalue weighted by Crippen LogP contribution is 2.69. The normalized spacial score (nSPS) is 63.5. The lowest BCUT2D eigenvalue weighted by Crippen LogP contribution is -2.20. The monoisotopic (exact) mass is 278 g/mol. The largest absolute Gasteiger partial charge is 0.365 e. The molecule has 0 spiro atoms. The van der Waals surface area contributed by atoms with Gasteiger partial charge in [-0.2, -0.15) is 0 Å². The van der Waals surface area contributed by atoms with Crippen molar-refractivity contribution in [3.05, 3.63) is 12.2 Å². The van der Waals surface area contributed by atoms with Crippen molar-refractivity contribution in [1.82, 2.24) is 0 Å². The van der Waals surface area contributed by atoms with E-state index in [9.17, 15) is 0 Å². The number of ether oxygens (including phenoxy) is 1. The van der Waals surface area contributed by atoms with Gasteiger partial charge in [0.25, 0.3) is 0 Å². The Bertz CT molecular complexity index is 240. The SMILES string of the molecule is BrC[C@@H]1C2[C@@H]3C=C[C@@H](O3)[C@]21Br. The Kier molecular flexibility index (Phi) is 1.25. The maximum absolute atomic E-state index is 5.69. The fourth-order valence-electron chi connectivity index (χ4n) is 2.50. The third-order valence-electron chi connectivity index (χ3n) is 3.14. The van der Waals surface area contributed by atoms with Gasteiger partial charge < -0.3 is 4.74 Å². The van der Waals surface area contributed by atoms with E-state index in [0.717, 1.165) is 17.2 Å². The molecular weight excluding hydrogens is 272 g/mol. The number of hydrogen-bond acceptors (Lipinski definition) is 1. The van der Waals surface area contributed by atoms with Crippen molar-refractivity contribution < 1.29 is 4.74 Å². The summed E-state index contributed by atoms with van der Waals surface area (Å²) in [6.07, 6.45) is 5.15. The summed E-state index contributed by atoms with van der Waals surface area (Å²) in [5.41, 5.74) is 0. The lowest BCUT2D eigenvalue weighted by molar-refractivity contribution is 0.0826. The summed E-state index contributed by atoms with van der Waals surface area (Å²) in [5.74, 6) is 1.51. The maximum atomic E-state index is 5.69. The minimum absolute atomic E-state index is 0.302. The Morgan fingerprint density at radius 2 is 2.27 bits per heavy atom. The number of fused-ring (bicyclic) bond motifs is 5. The molecule has 1 saturated heterocycles. The van der Waals surface area contributed by atoms with Crippen molar-refractivity contribution >= 4 is 31.9 Å². The molecule has 3 rings (SSSR count). The van der Waals surface area contributed by atoms with Crippen LogP contribution in [0.5, 0.6) is 0 Å². The molecule has 5 atom stereocenters. The molecule has 1 saturated carbocycles. The number of alkyl halides is 2. The lowest BCUT2D eigenvalue weighted by Gasteiger charge is -2.12. The summed E-state index contributed by atoms with van der Waals surface area (Å²) in [5, 5.41) is 1.10. The van der Waals surface area contributed by atoms with Crippen molar-refractivity contribution in [2.75, 3.05) is 5.33 Å². The Labute approximate surface area is 82.4 Å². The Morgan fingerprint density at radius 3 is 2.82 bits per heavy atom. The zero-order chi connectivity index (χ0) is 7.64. The number of hydrogen-bond donors (Lipinski definition) is 0. The third kappa shape index (κ3) is 0.629. The summed E-state index contributed by atoms with van der Waals surface area (Å²) in [7, 11) is 0. The van der Waals surface area contributed by atoms with Crippen LogP contribution in [0, 0.1) is 11.8 Å². The second kappa shape index (κ2) is 1.94. The summed E-state index contributed by atoms with van der Waals surface area (Å²) >= 11 is 7.33. The maximum Gasteiger partial charge on any atom is 0.0925 e. The summed E-state index contributed by atoms with van der Waals surface area (Å²) in [4.78, 5) is 0. The van der Waals surface area contributed by atoms with E-state index in [1.165, 1.54) is 0 Å². The minimum atomic E-state index is 0.302. The predicted molar refractivity (Wildman–Crippen MR) is 50.2 cm³/mol. The van der Waals surface area contributed by atoms with Gasteiger partial charge in [0.1, 0.15) is 0 Å². The second-order valence-corrected chi connectivity index (χ2v) is 5.54. The van der Waals surface area contributed by atoms with Crippen LogP contribution in [0.15, 0.2) is 12.2 Å². The molecule has 2 fully saturated rings.